The molecular weight excluding hydrogens is 256 g/mol. The van der Waals surface area contributed by atoms with Gasteiger partial charge in [-0.2, -0.15) is 0 Å². The van der Waals surface area contributed by atoms with E-state index in [4.69, 9.17) is 14.6 Å². The first kappa shape index (κ1) is 16.3. The molecule has 1 aliphatic heterocycles. The van der Waals surface area contributed by atoms with E-state index < -0.39 is 36.7 Å². The summed E-state index contributed by atoms with van der Waals surface area (Å²) in [6, 6.07) is 0. The van der Waals surface area contributed by atoms with Crippen molar-refractivity contribution in [1.82, 2.24) is 0 Å². The van der Waals surface area contributed by atoms with E-state index in [2.05, 4.69) is 0 Å². The van der Waals surface area contributed by atoms with Gasteiger partial charge in [0.2, 0.25) is 0 Å². The zero-order valence-corrected chi connectivity index (χ0v) is 11.0. The van der Waals surface area contributed by atoms with Crippen LogP contribution in [0.15, 0.2) is 0 Å². The predicted octanol–water partition coefficient (Wildman–Crippen LogP) is -0.523. The van der Waals surface area contributed by atoms with Gasteiger partial charge in [0, 0.05) is 12.8 Å². The molecule has 0 bridgehead atoms. The van der Waals surface area contributed by atoms with Crippen molar-refractivity contribution in [3.8, 4) is 0 Å². The van der Waals surface area contributed by atoms with Gasteiger partial charge in [0.05, 0.1) is 25.4 Å². The minimum absolute atomic E-state index is 0.0634. The molecule has 7 nitrogen and oxygen atoms in total. The van der Waals surface area contributed by atoms with Crippen LogP contribution < -0.4 is 0 Å². The summed E-state index contributed by atoms with van der Waals surface area (Å²) in [5.41, 5.74) is 0. The second-order valence-corrected chi connectivity index (χ2v) is 4.76. The molecule has 0 aromatic rings. The molecule has 0 aliphatic carbocycles. The number of carbonyl (C=O) groups is 1. The molecule has 0 spiro atoms. The van der Waals surface area contributed by atoms with Crippen LogP contribution in [0.3, 0.4) is 0 Å². The summed E-state index contributed by atoms with van der Waals surface area (Å²) < 4.78 is 10.6. The van der Waals surface area contributed by atoms with Crippen molar-refractivity contribution < 1.29 is 34.7 Å². The molecule has 112 valence electrons. The van der Waals surface area contributed by atoms with E-state index in [9.17, 15) is 20.1 Å². The van der Waals surface area contributed by atoms with Crippen LogP contribution in [0, 0.1) is 0 Å². The standard InChI is InChI=1S/C12H22O7/c1-2-3-4-18-12(11(16)17)6-8(14)5-10(19-12)9(15)7-13/h8-10,13-15H,2-7H2,1H3,(H,16,17)/t8?,9-,10?,12-/m1/s1. The van der Waals surface area contributed by atoms with E-state index in [0.29, 0.717) is 6.42 Å². The first-order valence-corrected chi connectivity index (χ1v) is 6.47. The minimum atomic E-state index is -1.95. The van der Waals surface area contributed by atoms with Crippen molar-refractivity contribution in [3.63, 3.8) is 0 Å². The van der Waals surface area contributed by atoms with E-state index in [1.54, 1.807) is 0 Å². The van der Waals surface area contributed by atoms with Gasteiger partial charge in [-0.1, -0.05) is 13.3 Å². The molecule has 1 heterocycles. The monoisotopic (exact) mass is 278 g/mol. The Morgan fingerprint density at radius 3 is 2.79 bits per heavy atom. The van der Waals surface area contributed by atoms with E-state index >= 15 is 0 Å². The van der Waals surface area contributed by atoms with Crippen molar-refractivity contribution in [3.05, 3.63) is 0 Å². The maximum atomic E-state index is 11.4. The van der Waals surface area contributed by atoms with Crippen LogP contribution in [0.2, 0.25) is 0 Å². The van der Waals surface area contributed by atoms with Gasteiger partial charge in [-0.25, -0.2) is 4.79 Å². The Morgan fingerprint density at radius 2 is 2.26 bits per heavy atom. The van der Waals surface area contributed by atoms with E-state index in [0.717, 1.165) is 6.42 Å². The van der Waals surface area contributed by atoms with Gasteiger partial charge in [-0.3, -0.25) is 0 Å². The van der Waals surface area contributed by atoms with E-state index in [-0.39, 0.29) is 19.4 Å². The number of aliphatic hydroxyl groups is 3. The number of hydrogen-bond acceptors (Lipinski definition) is 6. The molecular formula is C12H22O7. The van der Waals surface area contributed by atoms with Gasteiger partial charge in [0.25, 0.3) is 5.79 Å². The number of aliphatic hydroxyl groups excluding tert-OH is 3. The molecule has 0 saturated carbocycles. The fraction of sp³-hybridized carbons (Fsp3) is 0.917. The maximum absolute atomic E-state index is 11.4. The average Bonchev–Trinajstić information content (AvgIpc) is 2.37. The van der Waals surface area contributed by atoms with Crippen LogP contribution in [0.25, 0.3) is 0 Å². The second kappa shape index (κ2) is 7.16. The van der Waals surface area contributed by atoms with E-state index in [1.807, 2.05) is 6.92 Å². The lowest BCUT2D eigenvalue weighted by atomic mass is 9.95. The number of ether oxygens (including phenoxy) is 2. The molecule has 1 fully saturated rings. The highest BCUT2D eigenvalue weighted by atomic mass is 16.7. The first-order chi connectivity index (χ1) is 8.95. The van der Waals surface area contributed by atoms with Crippen molar-refractivity contribution >= 4 is 5.97 Å². The normalized spacial score (nSPS) is 33.1. The van der Waals surface area contributed by atoms with Crippen LogP contribution in [-0.4, -0.2) is 63.7 Å². The minimum Gasteiger partial charge on any atom is -0.477 e. The van der Waals surface area contributed by atoms with Gasteiger partial charge in [0.15, 0.2) is 0 Å². The summed E-state index contributed by atoms with van der Waals surface area (Å²) >= 11 is 0. The van der Waals surface area contributed by atoms with Crippen molar-refractivity contribution in [2.45, 2.75) is 56.7 Å². The van der Waals surface area contributed by atoms with Crippen LogP contribution in [0.4, 0.5) is 0 Å². The summed E-state index contributed by atoms with van der Waals surface area (Å²) in [6.45, 7) is 1.56. The molecule has 1 aliphatic rings. The first-order valence-electron chi connectivity index (χ1n) is 6.47. The Balaban J connectivity index is 2.79. The largest absolute Gasteiger partial charge is 0.477 e. The lowest BCUT2D eigenvalue weighted by Gasteiger charge is -2.41. The molecule has 4 atom stereocenters. The van der Waals surface area contributed by atoms with Gasteiger partial charge in [-0.15, -0.1) is 0 Å². The Kier molecular flexibility index (Phi) is 6.15. The molecule has 0 aromatic heterocycles. The van der Waals surface area contributed by atoms with Crippen LogP contribution in [0.5, 0.6) is 0 Å². The molecule has 4 N–H and O–H groups in total. The Morgan fingerprint density at radius 1 is 1.58 bits per heavy atom. The van der Waals surface area contributed by atoms with Crippen molar-refractivity contribution in [2.24, 2.45) is 0 Å². The van der Waals surface area contributed by atoms with Gasteiger partial charge < -0.3 is 29.9 Å². The molecule has 7 heteroatoms. The van der Waals surface area contributed by atoms with Crippen LogP contribution in [0.1, 0.15) is 32.6 Å². The summed E-state index contributed by atoms with van der Waals surface area (Å²) in [7, 11) is 0. The number of unbranched alkanes of at least 4 members (excludes halogenated alkanes) is 1. The molecule has 1 saturated heterocycles. The highest BCUT2D eigenvalue weighted by molar-refractivity contribution is 5.76. The quantitative estimate of drug-likeness (QED) is 0.463. The summed E-state index contributed by atoms with van der Waals surface area (Å²) in [5, 5.41) is 37.5. The highest BCUT2D eigenvalue weighted by Crippen LogP contribution is 2.32. The Labute approximate surface area is 111 Å². The van der Waals surface area contributed by atoms with E-state index in [1.165, 1.54) is 0 Å². The second-order valence-electron chi connectivity index (χ2n) is 4.76. The Bertz CT molecular complexity index is 296. The summed E-state index contributed by atoms with van der Waals surface area (Å²) in [6.07, 6.45) is -1.80. The number of aliphatic carboxylic acids is 1. The third kappa shape index (κ3) is 4.12. The lowest BCUT2D eigenvalue weighted by molar-refractivity contribution is -0.301. The molecule has 1 rings (SSSR count). The topological polar surface area (TPSA) is 116 Å². The van der Waals surface area contributed by atoms with Gasteiger partial charge >= 0.3 is 5.97 Å². The maximum Gasteiger partial charge on any atom is 0.364 e. The zero-order chi connectivity index (χ0) is 14.5. The average molecular weight is 278 g/mol. The smallest absolute Gasteiger partial charge is 0.364 e. The lowest BCUT2D eigenvalue weighted by Crippen LogP contribution is -2.56. The molecule has 0 amide bonds. The number of rotatable bonds is 7. The Hall–Kier alpha value is -0.730. The fourth-order valence-corrected chi connectivity index (χ4v) is 2.03. The van der Waals surface area contributed by atoms with Crippen LogP contribution >= 0.6 is 0 Å². The van der Waals surface area contributed by atoms with Crippen molar-refractivity contribution in [1.29, 1.82) is 0 Å². The molecule has 0 aromatic carbocycles. The highest BCUT2D eigenvalue weighted by Gasteiger charge is 2.50. The van der Waals surface area contributed by atoms with Crippen LogP contribution in [-0.2, 0) is 14.3 Å². The van der Waals surface area contributed by atoms with Gasteiger partial charge in [-0.05, 0) is 6.42 Å². The zero-order valence-electron chi connectivity index (χ0n) is 11.0. The molecule has 2 unspecified atom stereocenters. The third-order valence-electron chi connectivity index (χ3n) is 3.13. The molecule has 0 radical (unpaired) electrons. The fourth-order valence-electron chi connectivity index (χ4n) is 2.03. The number of hydrogen-bond donors (Lipinski definition) is 4. The summed E-state index contributed by atoms with van der Waals surface area (Å²) in [4.78, 5) is 11.4. The number of carboxylic acid groups (broad SMARTS) is 1. The van der Waals surface area contributed by atoms with Crippen molar-refractivity contribution in [2.75, 3.05) is 13.2 Å². The number of carboxylic acids is 1. The van der Waals surface area contributed by atoms with Gasteiger partial charge in [0.1, 0.15) is 6.10 Å². The third-order valence-corrected chi connectivity index (χ3v) is 3.13. The molecule has 19 heavy (non-hydrogen) atoms. The SMILES string of the molecule is CCCCO[C@]1(C(=O)O)CC(O)CC([C@H](O)CO)O1. The summed E-state index contributed by atoms with van der Waals surface area (Å²) in [5.74, 6) is -3.29. The predicted molar refractivity (Wildman–Crippen MR) is 64.4 cm³/mol.